The topological polar surface area (TPSA) is 73.8 Å². The van der Waals surface area contributed by atoms with E-state index in [0.717, 1.165) is 23.8 Å². The van der Waals surface area contributed by atoms with Crippen LogP contribution in [0.3, 0.4) is 0 Å². The highest BCUT2D eigenvalue weighted by Gasteiger charge is 2.23. The average molecular weight is 401 g/mol. The standard InChI is InChI=1S/C18H32N4O2S2/c1-4-22(5-2)26(23,24)17-12-11-16(25-17)13-14-20-18(19-3)21-15-9-7-6-8-10-15/h11-12,15H,4-10,13-14H2,1-3H3,(H2,19,20,21). The predicted molar refractivity (Wildman–Crippen MR) is 110 cm³/mol. The summed E-state index contributed by atoms with van der Waals surface area (Å²) in [7, 11) is -1.56. The van der Waals surface area contributed by atoms with E-state index in [2.05, 4.69) is 15.6 Å². The minimum Gasteiger partial charge on any atom is -0.356 e. The molecular weight excluding hydrogens is 368 g/mol. The van der Waals surface area contributed by atoms with Gasteiger partial charge in [0, 0.05) is 37.6 Å². The summed E-state index contributed by atoms with van der Waals surface area (Å²) in [6.07, 6.45) is 7.10. The number of aliphatic imine (C=N–C) groups is 1. The normalized spacial score (nSPS) is 16.8. The fraction of sp³-hybridized carbons (Fsp3) is 0.722. The van der Waals surface area contributed by atoms with Crippen LogP contribution in [0.15, 0.2) is 21.3 Å². The van der Waals surface area contributed by atoms with Gasteiger partial charge < -0.3 is 10.6 Å². The SMILES string of the molecule is CCN(CC)S(=O)(=O)c1ccc(CCNC(=NC)NC2CCCCC2)s1. The zero-order valence-electron chi connectivity index (χ0n) is 16.1. The minimum absolute atomic E-state index is 0.431. The lowest BCUT2D eigenvalue weighted by atomic mass is 9.96. The van der Waals surface area contributed by atoms with Crippen molar-refractivity contribution in [2.24, 2.45) is 4.99 Å². The van der Waals surface area contributed by atoms with Gasteiger partial charge in [-0.2, -0.15) is 4.31 Å². The Morgan fingerprint density at radius 1 is 1.23 bits per heavy atom. The van der Waals surface area contributed by atoms with Crippen LogP contribution >= 0.6 is 11.3 Å². The molecule has 8 heteroatoms. The Morgan fingerprint density at radius 3 is 2.54 bits per heavy atom. The van der Waals surface area contributed by atoms with Gasteiger partial charge in [-0.25, -0.2) is 8.42 Å². The number of sulfonamides is 1. The quantitative estimate of drug-likeness (QED) is 0.520. The van der Waals surface area contributed by atoms with Gasteiger partial charge in [-0.15, -0.1) is 11.3 Å². The lowest BCUT2D eigenvalue weighted by Crippen LogP contribution is -2.44. The Kier molecular flexibility index (Phi) is 8.37. The molecule has 0 aliphatic heterocycles. The van der Waals surface area contributed by atoms with Crippen LogP contribution in [0.5, 0.6) is 0 Å². The van der Waals surface area contributed by atoms with Crippen LogP contribution in [-0.4, -0.2) is 51.4 Å². The molecule has 0 bridgehead atoms. The minimum atomic E-state index is -3.35. The molecule has 1 aromatic heterocycles. The van der Waals surface area contributed by atoms with Gasteiger partial charge in [-0.1, -0.05) is 33.1 Å². The van der Waals surface area contributed by atoms with E-state index in [1.165, 1.54) is 47.7 Å². The second kappa shape index (κ2) is 10.3. The van der Waals surface area contributed by atoms with E-state index in [1.807, 2.05) is 19.9 Å². The summed E-state index contributed by atoms with van der Waals surface area (Å²) in [4.78, 5) is 5.36. The number of rotatable bonds is 8. The lowest BCUT2D eigenvalue weighted by molar-refractivity contribution is 0.410. The molecule has 0 aromatic carbocycles. The fourth-order valence-corrected chi connectivity index (χ4v) is 6.23. The smallest absolute Gasteiger partial charge is 0.252 e. The van der Waals surface area contributed by atoms with Crippen molar-refractivity contribution in [1.29, 1.82) is 0 Å². The Morgan fingerprint density at radius 2 is 1.92 bits per heavy atom. The van der Waals surface area contributed by atoms with Gasteiger partial charge in [0.05, 0.1) is 0 Å². The van der Waals surface area contributed by atoms with Crippen molar-refractivity contribution < 1.29 is 8.42 Å². The third kappa shape index (κ3) is 5.69. The molecule has 148 valence electrons. The van der Waals surface area contributed by atoms with E-state index < -0.39 is 10.0 Å². The summed E-state index contributed by atoms with van der Waals surface area (Å²) in [5.74, 6) is 0.837. The van der Waals surface area contributed by atoms with Crippen LogP contribution in [-0.2, 0) is 16.4 Å². The molecule has 1 aliphatic rings. The summed E-state index contributed by atoms with van der Waals surface area (Å²) in [6.45, 7) is 5.46. The molecule has 1 aromatic rings. The number of hydrogen-bond donors (Lipinski definition) is 2. The van der Waals surface area contributed by atoms with Gasteiger partial charge in [0.1, 0.15) is 4.21 Å². The van der Waals surface area contributed by atoms with Gasteiger partial charge in [0.2, 0.25) is 0 Å². The van der Waals surface area contributed by atoms with Crippen molar-refractivity contribution in [3.8, 4) is 0 Å². The van der Waals surface area contributed by atoms with Gasteiger partial charge in [-0.05, 0) is 31.4 Å². The van der Waals surface area contributed by atoms with Gasteiger partial charge in [0.25, 0.3) is 10.0 Å². The third-order valence-electron chi connectivity index (χ3n) is 4.77. The van der Waals surface area contributed by atoms with Crippen molar-refractivity contribution >= 4 is 27.3 Å². The number of guanidine groups is 1. The number of hydrogen-bond acceptors (Lipinski definition) is 4. The van der Waals surface area contributed by atoms with Crippen molar-refractivity contribution in [2.45, 2.75) is 62.6 Å². The number of nitrogens with one attached hydrogen (secondary N) is 2. The monoisotopic (exact) mass is 400 g/mol. The van der Waals surface area contributed by atoms with Crippen molar-refractivity contribution in [1.82, 2.24) is 14.9 Å². The van der Waals surface area contributed by atoms with Gasteiger partial charge in [-0.3, -0.25) is 4.99 Å². The first kappa shape index (κ1) is 21.2. The fourth-order valence-electron chi connectivity index (χ4n) is 3.26. The third-order valence-corrected chi connectivity index (χ3v) is 8.43. The Bertz CT molecular complexity index is 675. The summed E-state index contributed by atoms with van der Waals surface area (Å²) in [5, 5.41) is 6.84. The highest BCUT2D eigenvalue weighted by molar-refractivity contribution is 7.91. The van der Waals surface area contributed by atoms with Crippen LogP contribution in [0.25, 0.3) is 0 Å². The van der Waals surface area contributed by atoms with Crippen LogP contribution < -0.4 is 10.6 Å². The van der Waals surface area contributed by atoms with Crippen LogP contribution in [0.4, 0.5) is 0 Å². The largest absolute Gasteiger partial charge is 0.356 e. The second-order valence-corrected chi connectivity index (χ2v) is 9.87. The molecule has 2 N–H and O–H groups in total. The average Bonchev–Trinajstić information content (AvgIpc) is 3.12. The molecule has 1 heterocycles. The zero-order valence-corrected chi connectivity index (χ0v) is 17.8. The van der Waals surface area contributed by atoms with Crippen LogP contribution in [0, 0.1) is 0 Å². The molecular formula is C18H32N4O2S2. The summed E-state index contributed by atoms with van der Waals surface area (Å²) < 4.78 is 27.0. The highest BCUT2D eigenvalue weighted by atomic mass is 32.2. The maximum Gasteiger partial charge on any atom is 0.252 e. The Hall–Kier alpha value is -1.12. The highest BCUT2D eigenvalue weighted by Crippen LogP contribution is 2.25. The molecule has 1 fully saturated rings. The summed E-state index contributed by atoms with van der Waals surface area (Å²) >= 11 is 1.36. The van der Waals surface area contributed by atoms with E-state index in [4.69, 9.17) is 0 Å². The first-order valence-electron chi connectivity index (χ1n) is 9.57. The first-order chi connectivity index (χ1) is 12.5. The lowest BCUT2D eigenvalue weighted by Gasteiger charge is -2.24. The van der Waals surface area contributed by atoms with Crippen LogP contribution in [0.1, 0.15) is 50.8 Å². The van der Waals surface area contributed by atoms with E-state index >= 15 is 0 Å². The van der Waals surface area contributed by atoms with E-state index in [1.54, 1.807) is 13.1 Å². The summed E-state index contributed by atoms with van der Waals surface area (Å²) in [6, 6.07) is 4.16. The number of nitrogens with zero attached hydrogens (tertiary/aromatic N) is 2. The molecule has 2 rings (SSSR count). The molecule has 0 atom stereocenters. The van der Waals surface area contributed by atoms with Crippen molar-refractivity contribution in [2.75, 3.05) is 26.7 Å². The molecule has 0 amide bonds. The van der Waals surface area contributed by atoms with Crippen molar-refractivity contribution in [3.05, 3.63) is 17.0 Å². The molecule has 0 spiro atoms. The Labute approximate surface area is 162 Å². The molecule has 6 nitrogen and oxygen atoms in total. The summed E-state index contributed by atoms with van der Waals surface area (Å²) in [5.41, 5.74) is 0. The molecule has 0 saturated heterocycles. The van der Waals surface area contributed by atoms with E-state index in [0.29, 0.717) is 23.3 Å². The zero-order chi connectivity index (χ0) is 19.0. The van der Waals surface area contributed by atoms with Crippen molar-refractivity contribution in [3.63, 3.8) is 0 Å². The predicted octanol–water partition coefficient (Wildman–Crippen LogP) is 2.82. The molecule has 0 radical (unpaired) electrons. The second-order valence-electron chi connectivity index (χ2n) is 6.54. The molecule has 26 heavy (non-hydrogen) atoms. The molecule has 0 unspecified atom stereocenters. The van der Waals surface area contributed by atoms with Gasteiger partial charge in [0.15, 0.2) is 5.96 Å². The number of thiophene rings is 1. The van der Waals surface area contributed by atoms with E-state index in [9.17, 15) is 8.42 Å². The maximum absolute atomic E-state index is 12.5. The maximum atomic E-state index is 12.5. The van der Waals surface area contributed by atoms with Gasteiger partial charge >= 0.3 is 0 Å². The van der Waals surface area contributed by atoms with E-state index in [-0.39, 0.29) is 0 Å². The Balaban J connectivity index is 1.85. The van der Waals surface area contributed by atoms with Crippen LogP contribution in [0.2, 0.25) is 0 Å². The first-order valence-corrected chi connectivity index (χ1v) is 11.8. The molecule has 1 saturated carbocycles. The molecule has 1 aliphatic carbocycles.